The molecule has 0 radical (unpaired) electrons. The molecule has 4 aromatic rings. The van der Waals surface area contributed by atoms with E-state index in [1.807, 2.05) is 12.1 Å². The van der Waals surface area contributed by atoms with E-state index in [1.54, 1.807) is 12.1 Å². The van der Waals surface area contributed by atoms with Crippen molar-refractivity contribution in [2.75, 3.05) is 23.3 Å². The molecule has 0 aliphatic carbocycles. The number of anilines is 2. The number of pyridine rings is 1. The van der Waals surface area contributed by atoms with Crippen LogP contribution in [-0.2, 0) is 5.41 Å². The predicted molar refractivity (Wildman–Crippen MR) is 143 cm³/mol. The molecule has 5 nitrogen and oxygen atoms in total. The van der Waals surface area contributed by atoms with E-state index in [0.29, 0.717) is 5.69 Å². The number of fused-ring (bicyclic) bond motifs is 1. The van der Waals surface area contributed by atoms with Gasteiger partial charge in [0.25, 0.3) is 0 Å². The number of aryl methyl sites for hydroxylation is 2. The van der Waals surface area contributed by atoms with Gasteiger partial charge in [-0.3, -0.25) is 0 Å². The van der Waals surface area contributed by atoms with Gasteiger partial charge in [0.1, 0.15) is 5.82 Å². The molecule has 0 spiro atoms. The van der Waals surface area contributed by atoms with Gasteiger partial charge < -0.3 is 15.3 Å². The van der Waals surface area contributed by atoms with Gasteiger partial charge in [-0.25, -0.2) is 9.78 Å². The molecule has 0 unspecified atom stereocenters. The maximum atomic E-state index is 11.7. The van der Waals surface area contributed by atoms with Gasteiger partial charge >= 0.3 is 5.97 Å². The van der Waals surface area contributed by atoms with Crippen molar-refractivity contribution in [3.8, 4) is 0 Å². The van der Waals surface area contributed by atoms with Crippen LogP contribution in [-0.4, -0.2) is 29.1 Å². The Labute approximate surface area is 206 Å². The van der Waals surface area contributed by atoms with Crippen molar-refractivity contribution < 1.29 is 9.90 Å². The molecule has 1 fully saturated rings. The van der Waals surface area contributed by atoms with Crippen molar-refractivity contribution >= 4 is 28.4 Å². The third-order valence-corrected chi connectivity index (χ3v) is 7.10. The van der Waals surface area contributed by atoms with Gasteiger partial charge in [-0.1, -0.05) is 61.0 Å². The van der Waals surface area contributed by atoms with Crippen LogP contribution in [0.2, 0.25) is 0 Å². The Bertz CT molecular complexity index is 1410. The number of carboxylic acids is 1. The number of hydrogen-bond acceptors (Lipinski definition) is 4. The van der Waals surface area contributed by atoms with E-state index in [2.05, 4.69) is 86.4 Å². The molecule has 1 aliphatic rings. The second-order valence-corrected chi connectivity index (χ2v) is 10.1. The number of hydrogen-bond donors (Lipinski definition) is 2. The summed E-state index contributed by atoms with van der Waals surface area (Å²) in [6.45, 7) is 10.5. The Morgan fingerprint density at radius 3 is 2.43 bits per heavy atom. The molecular formula is C30H31N3O2. The lowest BCUT2D eigenvalue weighted by Gasteiger charge is -2.49. The molecule has 35 heavy (non-hydrogen) atoms. The maximum absolute atomic E-state index is 11.7. The predicted octanol–water partition coefficient (Wildman–Crippen LogP) is 6.50. The van der Waals surface area contributed by atoms with Crippen molar-refractivity contribution in [1.82, 2.24) is 4.98 Å². The zero-order valence-electron chi connectivity index (χ0n) is 20.7. The summed E-state index contributed by atoms with van der Waals surface area (Å²) in [5.41, 5.74) is 6.70. The molecule has 1 aliphatic heterocycles. The lowest BCUT2D eigenvalue weighted by molar-refractivity contribution is 0.0698. The number of carbonyl (C=O) groups is 1. The summed E-state index contributed by atoms with van der Waals surface area (Å²) in [7, 11) is 0. The Kier molecular flexibility index (Phi) is 5.72. The molecule has 0 amide bonds. The second-order valence-electron chi connectivity index (χ2n) is 10.1. The van der Waals surface area contributed by atoms with E-state index >= 15 is 0 Å². The summed E-state index contributed by atoms with van der Waals surface area (Å²) in [5.74, 6) is 0.0823. The summed E-state index contributed by atoms with van der Waals surface area (Å²) in [6, 6.07) is 24.2. The first-order chi connectivity index (χ1) is 16.7. The number of nitrogens with zero attached hydrogens (tertiary/aromatic N) is 2. The Hall–Kier alpha value is -3.86. The highest BCUT2D eigenvalue weighted by molar-refractivity contribution is 5.94. The maximum Gasteiger partial charge on any atom is 0.337 e. The highest BCUT2D eigenvalue weighted by Gasteiger charge is 2.41. The van der Waals surface area contributed by atoms with Crippen LogP contribution in [0, 0.1) is 13.8 Å². The van der Waals surface area contributed by atoms with Crippen molar-refractivity contribution in [2.45, 2.75) is 39.2 Å². The third kappa shape index (κ3) is 4.23. The molecule has 5 rings (SSSR count). The van der Waals surface area contributed by atoms with E-state index in [9.17, 15) is 9.90 Å². The minimum Gasteiger partial charge on any atom is -0.478 e. The van der Waals surface area contributed by atoms with Gasteiger partial charge in [0.05, 0.1) is 17.1 Å². The first-order valence-electron chi connectivity index (χ1n) is 12.1. The van der Waals surface area contributed by atoms with Crippen LogP contribution < -0.4 is 10.2 Å². The lowest BCUT2D eigenvalue weighted by atomic mass is 9.75. The van der Waals surface area contributed by atoms with Gasteiger partial charge in [0.15, 0.2) is 0 Å². The molecule has 0 bridgehead atoms. The molecule has 5 heteroatoms. The zero-order chi connectivity index (χ0) is 24.7. The number of para-hydroxylation sites is 1. The van der Waals surface area contributed by atoms with E-state index in [-0.39, 0.29) is 17.0 Å². The summed E-state index contributed by atoms with van der Waals surface area (Å²) in [6.07, 6.45) is 0. The van der Waals surface area contributed by atoms with E-state index in [4.69, 9.17) is 4.98 Å². The Morgan fingerprint density at radius 1 is 1.03 bits per heavy atom. The number of nitrogens with one attached hydrogen (secondary N) is 1. The van der Waals surface area contributed by atoms with Crippen LogP contribution in [0.3, 0.4) is 0 Å². The van der Waals surface area contributed by atoms with E-state index in [1.165, 1.54) is 11.1 Å². The number of benzene rings is 3. The van der Waals surface area contributed by atoms with Crippen LogP contribution in [0.5, 0.6) is 0 Å². The topological polar surface area (TPSA) is 65.5 Å². The zero-order valence-corrected chi connectivity index (χ0v) is 20.7. The second kappa shape index (κ2) is 8.73. The highest BCUT2D eigenvalue weighted by Crippen LogP contribution is 2.39. The summed E-state index contributed by atoms with van der Waals surface area (Å²) < 4.78 is 0. The normalized spacial score (nSPS) is 15.5. The number of aromatic nitrogens is 1. The van der Waals surface area contributed by atoms with Crippen LogP contribution >= 0.6 is 0 Å². The Balaban J connectivity index is 1.49. The minimum atomic E-state index is -0.940. The smallest absolute Gasteiger partial charge is 0.337 e. The molecule has 2 heterocycles. The van der Waals surface area contributed by atoms with Crippen molar-refractivity contribution in [3.05, 3.63) is 101 Å². The number of rotatable bonds is 6. The van der Waals surface area contributed by atoms with Crippen molar-refractivity contribution in [1.29, 1.82) is 0 Å². The molecule has 1 atom stereocenters. The monoisotopic (exact) mass is 465 g/mol. The average Bonchev–Trinajstić information content (AvgIpc) is 2.82. The molecule has 3 aromatic carbocycles. The van der Waals surface area contributed by atoms with Gasteiger partial charge in [0, 0.05) is 35.1 Å². The first-order valence-corrected chi connectivity index (χ1v) is 12.1. The van der Waals surface area contributed by atoms with Crippen molar-refractivity contribution in [2.24, 2.45) is 0 Å². The van der Waals surface area contributed by atoms with Gasteiger partial charge in [-0.05, 0) is 56.2 Å². The Morgan fingerprint density at radius 2 is 1.71 bits per heavy atom. The number of aromatic carboxylic acids is 1. The molecule has 0 saturated carbocycles. The fourth-order valence-electron chi connectivity index (χ4n) is 5.29. The molecule has 2 N–H and O–H groups in total. The quantitative estimate of drug-likeness (QED) is 0.340. The fraction of sp³-hybridized carbons (Fsp3) is 0.267. The summed E-state index contributed by atoms with van der Waals surface area (Å²) >= 11 is 0. The standard InChI is InChI=1S/C30H31N3O2/c1-19-14-22-16-20(2)28(33-17-30(4,18-33)23-10-6-5-7-11-23)32-27(22)25(15-19)21(3)31-26-13-9-8-12-24(26)29(34)35/h5-16,21,31H,17-18H2,1-4H3,(H,34,35)/t21-/m1/s1. The van der Waals surface area contributed by atoms with Gasteiger partial charge in [-0.15, -0.1) is 0 Å². The van der Waals surface area contributed by atoms with Crippen LogP contribution in [0.4, 0.5) is 11.5 Å². The SMILES string of the molecule is Cc1cc([C@@H](C)Nc2ccccc2C(=O)O)c2nc(N3CC(C)(c4ccccc4)C3)c(C)cc2c1. The molecule has 1 saturated heterocycles. The average molecular weight is 466 g/mol. The van der Waals surface area contributed by atoms with Crippen molar-refractivity contribution in [3.63, 3.8) is 0 Å². The van der Waals surface area contributed by atoms with Crippen LogP contribution in [0.1, 0.15) is 52.5 Å². The molecule has 178 valence electrons. The minimum absolute atomic E-state index is 0.119. The molecular weight excluding hydrogens is 434 g/mol. The van der Waals surface area contributed by atoms with Crippen LogP contribution in [0.15, 0.2) is 72.8 Å². The van der Waals surface area contributed by atoms with Gasteiger partial charge in [-0.2, -0.15) is 0 Å². The van der Waals surface area contributed by atoms with E-state index < -0.39 is 5.97 Å². The summed E-state index contributed by atoms with van der Waals surface area (Å²) in [4.78, 5) is 19.3. The number of carboxylic acid groups (broad SMARTS) is 1. The van der Waals surface area contributed by atoms with E-state index in [0.717, 1.165) is 40.9 Å². The largest absolute Gasteiger partial charge is 0.478 e. The lowest BCUT2D eigenvalue weighted by Crippen LogP contribution is -2.58. The molecule has 1 aromatic heterocycles. The summed E-state index contributed by atoms with van der Waals surface area (Å²) in [5, 5.41) is 14.1. The first kappa shape index (κ1) is 22.9. The van der Waals surface area contributed by atoms with Gasteiger partial charge in [0.2, 0.25) is 0 Å². The highest BCUT2D eigenvalue weighted by atomic mass is 16.4. The fourth-order valence-corrected chi connectivity index (χ4v) is 5.29. The third-order valence-electron chi connectivity index (χ3n) is 7.10. The van der Waals surface area contributed by atoms with Crippen LogP contribution in [0.25, 0.3) is 10.9 Å².